The Bertz CT molecular complexity index is 493. The Kier molecular flexibility index (Phi) is 6.58. The van der Waals surface area contributed by atoms with Gasteiger partial charge in [0.15, 0.2) is 0 Å². The predicted molar refractivity (Wildman–Crippen MR) is 82.7 cm³/mol. The van der Waals surface area contributed by atoms with Crippen LogP contribution in [0.5, 0.6) is 0 Å². The van der Waals surface area contributed by atoms with Crippen LogP contribution in [0.15, 0.2) is 24.3 Å². The second-order valence-electron chi connectivity index (χ2n) is 5.16. The Morgan fingerprint density at radius 2 is 2.10 bits per heavy atom. The van der Waals surface area contributed by atoms with E-state index in [1.165, 1.54) is 12.1 Å². The van der Waals surface area contributed by atoms with Crippen LogP contribution >= 0.6 is 12.4 Å². The monoisotopic (exact) mass is 313 g/mol. The molecular formula is C14H20ClN3O3. The topological polar surface area (TPSA) is 84.3 Å². The number of hydrogen-bond acceptors (Lipinski definition) is 4. The molecule has 1 aromatic carbocycles. The first-order valence-electron chi connectivity index (χ1n) is 6.82. The lowest BCUT2D eigenvalue weighted by Crippen LogP contribution is -2.52. The van der Waals surface area contributed by atoms with Crippen molar-refractivity contribution >= 4 is 24.0 Å². The molecule has 0 spiro atoms. The number of benzene rings is 1. The van der Waals surface area contributed by atoms with Gasteiger partial charge in [0, 0.05) is 24.2 Å². The van der Waals surface area contributed by atoms with E-state index in [1.807, 2.05) is 0 Å². The molecule has 0 aromatic heterocycles. The molecule has 1 heterocycles. The van der Waals surface area contributed by atoms with Crippen molar-refractivity contribution in [3.05, 3.63) is 39.9 Å². The number of carbonyl (C=O) groups excluding carboxylic acids is 1. The number of piperidine rings is 1. The summed E-state index contributed by atoms with van der Waals surface area (Å²) in [6.45, 7) is 3.06. The minimum absolute atomic E-state index is 0. The molecular weight excluding hydrogens is 294 g/mol. The van der Waals surface area contributed by atoms with Gasteiger partial charge in [0.25, 0.3) is 5.69 Å². The van der Waals surface area contributed by atoms with Crippen LogP contribution in [0, 0.1) is 10.1 Å². The maximum absolute atomic E-state index is 12.0. The summed E-state index contributed by atoms with van der Waals surface area (Å²) in [5.74, 6) is -0.0422. The van der Waals surface area contributed by atoms with Gasteiger partial charge in [-0.25, -0.2) is 0 Å². The molecule has 1 aromatic rings. The van der Waals surface area contributed by atoms with Crippen LogP contribution in [0.25, 0.3) is 0 Å². The number of carbonyl (C=O) groups is 1. The lowest BCUT2D eigenvalue weighted by atomic mass is 9.99. The number of nitrogens with one attached hydrogen (secondary N) is 2. The van der Waals surface area contributed by atoms with Crippen molar-refractivity contribution in [2.24, 2.45) is 0 Å². The quantitative estimate of drug-likeness (QED) is 0.656. The Hall–Kier alpha value is -1.66. The summed E-state index contributed by atoms with van der Waals surface area (Å²) < 4.78 is 0. The highest BCUT2D eigenvalue weighted by atomic mass is 35.5. The standard InChI is InChI=1S/C14H19N3O3.ClH/c1-10-13(3-2-8-15-10)16-14(18)9-11-4-6-12(7-5-11)17(19)20;/h4-7,10,13,15H,2-3,8-9H2,1H3,(H,16,18);1H. The molecule has 2 atom stereocenters. The van der Waals surface area contributed by atoms with Crippen LogP contribution in [0.3, 0.4) is 0 Å². The number of amides is 1. The fourth-order valence-corrected chi connectivity index (χ4v) is 2.42. The van der Waals surface area contributed by atoms with Crippen LogP contribution in [0.2, 0.25) is 0 Å². The number of nitro benzene ring substituents is 1. The van der Waals surface area contributed by atoms with Crippen molar-refractivity contribution in [3.63, 3.8) is 0 Å². The number of nitro groups is 1. The molecule has 0 saturated carbocycles. The molecule has 7 heteroatoms. The molecule has 1 aliphatic rings. The van der Waals surface area contributed by atoms with Gasteiger partial charge in [0.1, 0.15) is 0 Å². The number of rotatable bonds is 4. The fraction of sp³-hybridized carbons (Fsp3) is 0.500. The lowest BCUT2D eigenvalue weighted by Gasteiger charge is -2.30. The number of nitrogens with zero attached hydrogens (tertiary/aromatic N) is 1. The maximum atomic E-state index is 12.0. The Labute approximate surface area is 129 Å². The van der Waals surface area contributed by atoms with Gasteiger partial charge in [-0.1, -0.05) is 12.1 Å². The molecule has 1 amide bonds. The number of hydrogen-bond donors (Lipinski definition) is 2. The molecule has 1 aliphatic heterocycles. The SMILES string of the molecule is CC1NCCCC1NC(=O)Cc1ccc([N+](=O)[O-])cc1.Cl. The highest BCUT2D eigenvalue weighted by molar-refractivity contribution is 5.85. The molecule has 2 N–H and O–H groups in total. The van der Waals surface area contributed by atoms with Gasteiger partial charge in [-0.2, -0.15) is 0 Å². The highest BCUT2D eigenvalue weighted by Crippen LogP contribution is 2.13. The predicted octanol–water partition coefficient (Wildman–Crippen LogP) is 1.82. The summed E-state index contributed by atoms with van der Waals surface area (Å²) in [5, 5.41) is 16.9. The van der Waals surface area contributed by atoms with Gasteiger partial charge in [-0.05, 0) is 31.9 Å². The van der Waals surface area contributed by atoms with Gasteiger partial charge in [-0.3, -0.25) is 14.9 Å². The minimum atomic E-state index is -0.445. The molecule has 6 nitrogen and oxygen atoms in total. The first kappa shape index (κ1) is 17.4. The van der Waals surface area contributed by atoms with Crippen molar-refractivity contribution < 1.29 is 9.72 Å². The molecule has 0 radical (unpaired) electrons. The van der Waals surface area contributed by atoms with Crippen LogP contribution in [0.1, 0.15) is 25.3 Å². The van der Waals surface area contributed by atoms with E-state index in [0.29, 0.717) is 0 Å². The third-order valence-corrected chi connectivity index (χ3v) is 3.62. The zero-order valence-corrected chi connectivity index (χ0v) is 12.7. The first-order valence-corrected chi connectivity index (χ1v) is 6.82. The Morgan fingerprint density at radius 3 is 2.67 bits per heavy atom. The van der Waals surface area contributed by atoms with E-state index in [-0.39, 0.29) is 42.5 Å². The maximum Gasteiger partial charge on any atom is 0.269 e. The van der Waals surface area contributed by atoms with Crippen LogP contribution in [-0.4, -0.2) is 29.5 Å². The van der Waals surface area contributed by atoms with Crippen LogP contribution in [0.4, 0.5) is 5.69 Å². The zero-order chi connectivity index (χ0) is 14.5. The van der Waals surface area contributed by atoms with Gasteiger partial charge < -0.3 is 10.6 Å². The Morgan fingerprint density at radius 1 is 1.43 bits per heavy atom. The molecule has 2 unspecified atom stereocenters. The van der Waals surface area contributed by atoms with Crippen LogP contribution in [-0.2, 0) is 11.2 Å². The van der Waals surface area contributed by atoms with E-state index in [9.17, 15) is 14.9 Å². The fourth-order valence-electron chi connectivity index (χ4n) is 2.42. The minimum Gasteiger partial charge on any atom is -0.352 e. The van der Waals surface area contributed by atoms with E-state index in [1.54, 1.807) is 12.1 Å². The summed E-state index contributed by atoms with van der Waals surface area (Å²) >= 11 is 0. The summed E-state index contributed by atoms with van der Waals surface area (Å²) in [6, 6.07) is 6.54. The summed E-state index contributed by atoms with van der Waals surface area (Å²) in [4.78, 5) is 22.1. The third kappa shape index (κ3) is 4.99. The van der Waals surface area contributed by atoms with Crippen molar-refractivity contribution in [1.29, 1.82) is 0 Å². The smallest absolute Gasteiger partial charge is 0.269 e. The summed E-state index contributed by atoms with van der Waals surface area (Å²) in [6.07, 6.45) is 2.30. The average Bonchev–Trinajstić information content (AvgIpc) is 2.42. The second-order valence-corrected chi connectivity index (χ2v) is 5.16. The van der Waals surface area contributed by atoms with Gasteiger partial charge in [-0.15, -0.1) is 12.4 Å². The van der Waals surface area contributed by atoms with Gasteiger partial charge >= 0.3 is 0 Å². The summed E-state index contributed by atoms with van der Waals surface area (Å²) in [5.41, 5.74) is 0.823. The lowest BCUT2D eigenvalue weighted by molar-refractivity contribution is -0.384. The van der Waals surface area contributed by atoms with Gasteiger partial charge in [0.05, 0.1) is 11.3 Å². The molecule has 116 valence electrons. The first-order chi connectivity index (χ1) is 9.56. The van der Waals surface area contributed by atoms with E-state index in [0.717, 1.165) is 24.9 Å². The van der Waals surface area contributed by atoms with E-state index in [2.05, 4.69) is 17.6 Å². The number of halogens is 1. The van der Waals surface area contributed by atoms with E-state index < -0.39 is 4.92 Å². The highest BCUT2D eigenvalue weighted by Gasteiger charge is 2.22. The molecule has 1 fully saturated rings. The van der Waals surface area contributed by atoms with E-state index in [4.69, 9.17) is 0 Å². The average molecular weight is 314 g/mol. The van der Waals surface area contributed by atoms with Crippen molar-refractivity contribution in [2.75, 3.05) is 6.54 Å². The van der Waals surface area contributed by atoms with Crippen molar-refractivity contribution in [3.8, 4) is 0 Å². The largest absolute Gasteiger partial charge is 0.352 e. The normalized spacial score (nSPS) is 21.2. The van der Waals surface area contributed by atoms with Crippen LogP contribution < -0.4 is 10.6 Å². The Balaban J connectivity index is 0.00000220. The molecule has 21 heavy (non-hydrogen) atoms. The number of non-ortho nitro benzene ring substituents is 1. The third-order valence-electron chi connectivity index (χ3n) is 3.62. The molecule has 1 saturated heterocycles. The zero-order valence-electron chi connectivity index (χ0n) is 11.9. The molecule has 0 aliphatic carbocycles. The van der Waals surface area contributed by atoms with E-state index >= 15 is 0 Å². The second kappa shape index (κ2) is 7.95. The van der Waals surface area contributed by atoms with Crippen molar-refractivity contribution in [1.82, 2.24) is 10.6 Å². The summed E-state index contributed by atoms with van der Waals surface area (Å²) in [7, 11) is 0. The van der Waals surface area contributed by atoms with Gasteiger partial charge in [0.2, 0.25) is 5.91 Å². The molecule has 2 rings (SSSR count). The molecule has 0 bridgehead atoms. The van der Waals surface area contributed by atoms with Crippen molar-refractivity contribution in [2.45, 2.75) is 38.3 Å².